The molecule has 0 fully saturated rings. The number of carbonyl (C=O) groups excluding carboxylic acids is 1. The van der Waals surface area contributed by atoms with Crippen molar-refractivity contribution in [1.29, 1.82) is 0 Å². The average Bonchev–Trinajstić information content (AvgIpc) is 2.14. The second kappa shape index (κ2) is 6.80. The molecule has 0 saturated heterocycles. The van der Waals surface area contributed by atoms with E-state index in [1.807, 2.05) is 13.8 Å². The van der Waals surface area contributed by atoms with Crippen LogP contribution in [0.4, 0.5) is 0 Å². The van der Waals surface area contributed by atoms with Crippen molar-refractivity contribution in [2.45, 2.75) is 40.2 Å². The Morgan fingerprint density at radius 1 is 1.47 bits per heavy atom. The van der Waals surface area contributed by atoms with E-state index in [-0.39, 0.29) is 24.0 Å². The van der Waals surface area contributed by atoms with E-state index in [9.17, 15) is 4.79 Å². The lowest BCUT2D eigenvalue weighted by atomic mass is 9.89. The normalized spacial score (nSPS) is 13.7. The third-order valence-electron chi connectivity index (χ3n) is 2.42. The number of likely N-dealkylation sites (N-methyl/N-ethyl adjacent to an activating group) is 1. The van der Waals surface area contributed by atoms with Gasteiger partial charge in [-0.1, -0.05) is 13.8 Å². The first-order valence-electron chi connectivity index (χ1n) is 5.55. The van der Waals surface area contributed by atoms with E-state index in [2.05, 4.69) is 24.5 Å². The molecule has 0 aromatic carbocycles. The van der Waals surface area contributed by atoms with E-state index in [0.29, 0.717) is 6.54 Å². The van der Waals surface area contributed by atoms with Gasteiger partial charge in [0, 0.05) is 19.7 Å². The number of rotatable bonds is 7. The van der Waals surface area contributed by atoms with Gasteiger partial charge >= 0.3 is 0 Å². The lowest BCUT2D eigenvalue weighted by Crippen LogP contribution is -2.45. The molecular weight excluding hydrogens is 192 g/mol. The highest BCUT2D eigenvalue weighted by Gasteiger charge is 2.19. The summed E-state index contributed by atoms with van der Waals surface area (Å²) in [6.07, 6.45) is 0.738. The molecule has 4 heteroatoms. The van der Waals surface area contributed by atoms with Crippen LogP contribution in [0.15, 0.2) is 0 Å². The second-order valence-electron chi connectivity index (χ2n) is 4.63. The van der Waals surface area contributed by atoms with Crippen molar-refractivity contribution < 1.29 is 9.90 Å². The first-order chi connectivity index (χ1) is 6.93. The fourth-order valence-corrected chi connectivity index (χ4v) is 1.24. The number of aliphatic hydroxyl groups excluding tert-OH is 1. The Balaban J connectivity index is 3.88. The Labute approximate surface area is 92.4 Å². The van der Waals surface area contributed by atoms with E-state index in [1.165, 1.54) is 0 Å². The van der Waals surface area contributed by atoms with Gasteiger partial charge in [-0.05, 0) is 25.7 Å². The van der Waals surface area contributed by atoms with Gasteiger partial charge < -0.3 is 15.7 Å². The molecule has 0 bridgehead atoms. The maximum Gasteiger partial charge on any atom is 0.236 e. The van der Waals surface area contributed by atoms with Crippen molar-refractivity contribution in [3.8, 4) is 0 Å². The molecule has 0 spiro atoms. The summed E-state index contributed by atoms with van der Waals surface area (Å²) in [5, 5.41) is 14.8. The van der Waals surface area contributed by atoms with Crippen molar-refractivity contribution in [1.82, 2.24) is 10.6 Å². The molecule has 0 rings (SSSR count). The van der Waals surface area contributed by atoms with E-state index in [0.717, 1.165) is 13.0 Å². The van der Waals surface area contributed by atoms with Crippen LogP contribution in [0.5, 0.6) is 0 Å². The molecule has 0 aliphatic carbocycles. The smallest absolute Gasteiger partial charge is 0.236 e. The van der Waals surface area contributed by atoms with Crippen LogP contribution in [0.25, 0.3) is 0 Å². The number of hydrogen-bond donors (Lipinski definition) is 3. The number of carbonyl (C=O) groups is 1. The minimum absolute atomic E-state index is 0.0233. The molecule has 15 heavy (non-hydrogen) atoms. The molecule has 0 aromatic rings. The molecule has 0 aliphatic heterocycles. The zero-order chi connectivity index (χ0) is 11.9. The highest BCUT2D eigenvalue weighted by molar-refractivity contribution is 5.81. The number of aliphatic hydroxyl groups is 1. The third kappa shape index (κ3) is 6.47. The summed E-state index contributed by atoms with van der Waals surface area (Å²) in [6.45, 7) is 9.46. The topological polar surface area (TPSA) is 61.4 Å². The molecule has 0 aliphatic rings. The molecule has 0 saturated carbocycles. The zero-order valence-electron chi connectivity index (χ0n) is 10.3. The molecule has 4 nitrogen and oxygen atoms in total. The Morgan fingerprint density at radius 2 is 2.07 bits per heavy atom. The Hall–Kier alpha value is -0.610. The van der Waals surface area contributed by atoms with Crippen LogP contribution in [0.3, 0.4) is 0 Å². The van der Waals surface area contributed by atoms with E-state index >= 15 is 0 Å². The first-order valence-corrected chi connectivity index (χ1v) is 5.55. The van der Waals surface area contributed by atoms with Crippen LogP contribution in [0, 0.1) is 5.41 Å². The van der Waals surface area contributed by atoms with Crippen LogP contribution in [-0.2, 0) is 4.79 Å². The molecule has 0 heterocycles. The number of nitrogens with one attached hydrogen (secondary N) is 2. The number of hydrogen-bond acceptors (Lipinski definition) is 3. The van der Waals surface area contributed by atoms with Gasteiger partial charge in [-0.15, -0.1) is 0 Å². The minimum Gasteiger partial charge on any atom is -0.396 e. The predicted molar refractivity (Wildman–Crippen MR) is 61.6 cm³/mol. The fraction of sp³-hybridized carbons (Fsp3) is 0.909. The molecule has 0 radical (unpaired) electrons. The van der Waals surface area contributed by atoms with Gasteiger partial charge in [0.25, 0.3) is 0 Å². The summed E-state index contributed by atoms with van der Waals surface area (Å²) < 4.78 is 0. The lowest BCUT2D eigenvalue weighted by molar-refractivity contribution is -0.122. The van der Waals surface area contributed by atoms with Crippen LogP contribution in [-0.4, -0.2) is 36.8 Å². The van der Waals surface area contributed by atoms with Crippen molar-refractivity contribution in [3.63, 3.8) is 0 Å². The van der Waals surface area contributed by atoms with Crippen molar-refractivity contribution in [3.05, 3.63) is 0 Å². The highest BCUT2D eigenvalue weighted by atomic mass is 16.3. The maximum atomic E-state index is 11.4. The summed E-state index contributed by atoms with van der Waals surface area (Å²) in [6, 6.07) is -0.178. The van der Waals surface area contributed by atoms with Gasteiger partial charge in [-0.25, -0.2) is 0 Å². The molecule has 1 unspecified atom stereocenters. The van der Waals surface area contributed by atoms with Crippen molar-refractivity contribution >= 4 is 5.91 Å². The van der Waals surface area contributed by atoms with Crippen LogP contribution >= 0.6 is 0 Å². The molecule has 1 amide bonds. The SMILES string of the molecule is CCNC(=O)C(C)NCC(C)(C)CCO. The highest BCUT2D eigenvalue weighted by Crippen LogP contribution is 2.18. The number of amides is 1. The summed E-state index contributed by atoms with van der Waals surface area (Å²) >= 11 is 0. The van der Waals surface area contributed by atoms with E-state index in [1.54, 1.807) is 0 Å². The minimum atomic E-state index is -0.178. The lowest BCUT2D eigenvalue weighted by Gasteiger charge is -2.26. The molecule has 90 valence electrons. The van der Waals surface area contributed by atoms with Crippen LogP contribution in [0.1, 0.15) is 34.1 Å². The largest absolute Gasteiger partial charge is 0.396 e. The summed E-state index contributed by atoms with van der Waals surface area (Å²) in [7, 11) is 0. The zero-order valence-corrected chi connectivity index (χ0v) is 10.3. The summed E-state index contributed by atoms with van der Waals surface area (Å²) in [5.74, 6) is 0.0253. The van der Waals surface area contributed by atoms with E-state index in [4.69, 9.17) is 5.11 Å². The standard InChI is InChI=1S/C11H24N2O2/c1-5-12-10(15)9(2)13-8-11(3,4)6-7-14/h9,13-14H,5-8H2,1-4H3,(H,12,15). The Kier molecular flexibility index (Phi) is 6.52. The third-order valence-corrected chi connectivity index (χ3v) is 2.42. The molecular formula is C11H24N2O2. The van der Waals surface area contributed by atoms with Crippen LogP contribution < -0.4 is 10.6 Å². The molecule has 1 atom stereocenters. The van der Waals surface area contributed by atoms with E-state index < -0.39 is 0 Å². The van der Waals surface area contributed by atoms with Crippen molar-refractivity contribution in [2.24, 2.45) is 5.41 Å². The van der Waals surface area contributed by atoms with Crippen LogP contribution in [0.2, 0.25) is 0 Å². The average molecular weight is 216 g/mol. The maximum absolute atomic E-state index is 11.4. The second-order valence-corrected chi connectivity index (χ2v) is 4.63. The Bertz CT molecular complexity index is 193. The molecule has 3 N–H and O–H groups in total. The summed E-state index contributed by atoms with van der Waals surface area (Å²) in [5.41, 5.74) is 0.0233. The first kappa shape index (κ1) is 14.4. The summed E-state index contributed by atoms with van der Waals surface area (Å²) in [4.78, 5) is 11.4. The van der Waals surface area contributed by atoms with Gasteiger partial charge in [-0.3, -0.25) is 4.79 Å². The Morgan fingerprint density at radius 3 is 2.53 bits per heavy atom. The monoisotopic (exact) mass is 216 g/mol. The predicted octanol–water partition coefficient (Wildman–Crippen LogP) is 0.509. The van der Waals surface area contributed by atoms with Gasteiger partial charge in [0.1, 0.15) is 0 Å². The quantitative estimate of drug-likeness (QED) is 0.581. The fourth-order valence-electron chi connectivity index (χ4n) is 1.24. The van der Waals surface area contributed by atoms with Gasteiger partial charge in [0.05, 0.1) is 6.04 Å². The van der Waals surface area contributed by atoms with Crippen molar-refractivity contribution in [2.75, 3.05) is 19.7 Å². The molecule has 0 aromatic heterocycles. The van der Waals surface area contributed by atoms with Gasteiger partial charge in [0.2, 0.25) is 5.91 Å². The van der Waals surface area contributed by atoms with Gasteiger partial charge in [0.15, 0.2) is 0 Å². The van der Waals surface area contributed by atoms with Gasteiger partial charge in [-0.2, -0.15) is 0 Å².